The summed E-state index contributed by atoms with van der Waals surface area (Å²) in [5.41, 5.74) is 2.89. The standard InChI is InChI=1S/C19H24N4O2S/c1-5-19(4,23-26(24,25)13(2)3)15-6-7-16-17(12-15)22-18(21-16)14-8-10-20-11-9-14/h6-13,23H,5H2,1-4H3,(H,21,22). The van der Waals surface area contributed by atoms with Crippen LogP contribution in [0.3, 0.4) is 0 Å². The highest BCUT2D eigenvalue weighted by atomic mass is 32.2. The van der Waals surface area contributed by atoms with Crippen molar-refractivity contribution in [3.05, 3.63) is 48.3 Å². The SMILES string of the molecule is CCC(C)(NS(=O)(=O)C(C)C)c1ccc2nc(-c3ccncc3)[nH]c2c1. The normalized spacial score (nSPS) is 14.7. The predicted molar refractivity (Wildman–Crippen MR) is 104 cm³/mol. The fourth-order valence-corrected chi connectivity index (χ4v) is 3.89. The fraction of sp³-hybridized carbons (Fsp3) is 0.368. The molecule has 3 aromatic rings. The van der Waals surface area contributed by atoms with E-state index in [4.69, 9.17) is 0 Å². The molecule has 1 unspecified atom stereocenters. The zero-order valence-electron chi connectivity index (χ0n) is 15.4. The molecule has 0 spiro atoms. The molecule has 26 heavy (non-hydrogen) atoms. The van der Waals surface area contributed by atoms with Gasteiger partial charge < -0.3 is 4.98 Å². The average Bonchev–Trinajstić information content (AvgIpc) is 3.05. The minimum Gasteiger partial charge on any atom is -0.338 e. The maximum atomic E-state index is 12.4. The molecular weight excluding hydrogens is 348 g/mol. The second-order valence-corrected chi connectivity index (χ2v) is 9.17. The van der Waals surface area contributed by atoms with Crippen molar-refractivity contribution in [2.75, 3.05) is 0 Å². The Morgan fingerprint density at radius 2 is 1.88 bits per heavy atom. The van der Waals surface area contributed by atoms with E-state index in [9.17, 15) is 8.42 Å². The lowest BCUT2D eigenvalue weighted by atomic mass is 9.90. The van der Waals surface area contributed by atoms with Crippen molar-refractivity contribution < 1.29 is 8.42 Å². The lowest BCUT2D eigenvalue weighted by Gasteiger charge is -2.31. The molecule has 2 N–H and O–H groups in total. The van der Waals surface area contributed by atoms with Crippen LogP contribution in [0.4, 0.5) is 0 Å². The first-order valence-corrected chi connectivity index (χ1v) is 10.2. The highest BCUT2D eigenvalue weighted by Crippen LogP contribution is 2.29. The molecule has 0 aliphatic heterocycles. The molecule has 0 aliphatic rings. The van der Waals surface area contributed by atoms with Crippen molar-refractivity contribution >= 4 is 21.1 Å². The maximum absolute atomic E-state index is 12.4. The highest BCUT2D eigenvalue weighted by molar-refractivity contribution is 7.90. The van der Waals surface area contributed by atoms with Crippen molar-refractivity contribution in [2.24, 2.45) is 0 Å². The predicted octanol–water partition coefficient (Wildman–Crippen LogP) is 3.58. The van der Waals surface area contributed by atoms with E-state index >= 15 is 0 Å². The molecular formula is C19H24N4O2S. The Labute approximate surface area is 154 Å². The van der Waals surface area contributed by atoms with Gasteiger partial charge in [-0.15, -0.1) is 0 Å². The van der Waals surface area contributed by atoms with Crippen LogP contribution in [-0.2, 0) is 15.6 Å². The van der Waals surface area contributed by atoms with Crippen LogP contribution in [0.1, 0.15) is 39.7 Å². The molecule has 0 bridgehead atoms. The molecule has 0 radical (unpaired) electrons. The van der Waals surface area contributed by atoms with E-state index in [0.717, 1.165) is 28.0 Å². The van der Waals surface area contributed by atoms with Gasteiger partial charge >= 0.3 is 0 Å². The van der Waals surface area contributed by atoms with E-state index in [2.05, 4.69) is 19.7 Å². The molecule has 6 nitrogen and oxygen atoms in total. The summed E-state index contributed by atoms with van der Waals surface area (Å²) in [6, 6.07) is 9.62. The number of hydrogen-bond donors (Lipinski definition) is 2. The molecule has 1 aromatic carbocycles. The molecule has 0 saturated heterocycles. The smallest absolute Gasteiger partial charge is 0.214 e. The molecule has 0 fully saturated rings. The minimum absolute atomic E-state index is 0.484. The number of fused-ring (bicyclic) bond motifs is 1. The van der Waals surface area contributed by atoms with Crippen LogP contribution < -0.4 is 4.72 Å². The third kappa shape index (κ3) is 3.50. The van der Waals surface area contributed by atoms with Gasteiger partial charge in [-0.3, -0.25) is 4.98 Å². The van der Waals surface area contributed by atoms with Gasteiger partial charge in [-0.25, -0.2) is 18.1 Å². The van der Waals surface area contributed by atoms with Gasteiger partial charge in [0.05, 0.1) is 21.8 Å². The van der Waals surface area contributed by atoms with Crippen molar-refractivity contribution in [1.82, 2.24) is 19.7 Å². The number of nitrogens with zero attached hydrogens (tertiary/aromatic N) is 2. The van der Waals surface area contributed by atoms with Gasteiger partial charge in [0.1, 0.15) is 5.82 Å². The number of aromatic nitrogens is 3. The summed E-state index contributed by atoms with van der Waals surface area (Å²) in [6.45, 7) is 7.24. The summed E-state index contributed by atoms with van der Waals surface area (Å²) in [6.07, 6.45) is 4.08. The number of nitrogens with one attached hydrogen (secondary N) is 2. The lowest BCUT2D eigenvalue weighted by molar-refractivity contribution is 0.415. The molecule has 0 aliphatic carbocycles. The number of hydrogen-bond acceptors (Lipinski definition) is 4. The minimum atomic E-state index is -3.39. The van der Waals surface area contributed by atoms with E-state index in [0.29, 0.717) is 6.42 Å². The monoisotopic (exact) mass is 372 g/mol. The van der Waals surface area contributed by atoms with Crippen LogP contribution in [0.25, 0.3) is 22.4 Å². The van der Waals surface area contributed by atoms with E-state index in [-0.39, 0.29) is 0 Å². The van der Waals surface area contributed by atoms with Crippen LogP contribution in [0.2, 0.25) is 0 Å². The summed E-state index contributed by atoms with van der Waals surface area (Å²) >= 11 is 0. The Kier molecular flexibility index (Phi) is 4.86. The van der Waals surface area contributed by atoms with Gasteiger partial charge in [0, 0.05) is 18.0 Å². The second kappa shape index (κ2) is 6.81. The summed E-state index contributed by atoms with van der Waals surface area (Å²) in [5, 5.41) is -0.484. The van der Waals surface area contributed by atoms with E-state index in [1.165, 1.54) is 0 Å². The Morgan fingerprint density at radius 1 is 1.19 bits per heavy atom. The largest absolute Gasteiger partial charge is 0.338 e. The quantitative estimate of drug-likeness (QED) is 0.692. The molecule has 1 atom stereocenters. The molecule has 2 heterocycles. The first-order chi connectivity index (χ1) is 12.2. The molecule has 2 aromatic heterocycles. The van der Waals surface area contributed by atoms with Crippen LogP contribution >= 0.6 is 0 Å². The Balaban J connectivity index is 2.02. The molecule has 7 heteroatoms. The van der Waals surface area contributed by atoms with Crippen molar-refractivity contribution in [3.63, 3.8) is 0 Å². The van der Waals surface area contributed by atoms with Gasteiger partial charge in [-0.2, -0.15) is 0 Å². The van der Waals surface area contributed by atoms with Gasteiger partial charge in [0.2, 0.25) is 10.0 Å². The van der Waals surface area contributed by atoms with Gasteiger partial charge in [-0.1, -0.05) is 13.0 Å². The van der Waals surface area contributed by atoms with Crippen molar-refractivity contribution in [3.8, 4) is 11.4 Å². The molecule has 0 amide bonds. The highest BCUT2D eigenvalue weighted by Gasteiger charge is 2.31. The Bertz CT molecular complexity index is 1010. The molecule has 3 rings (SSSR count). The van der Waals surface area contributed by atoms with Crippen LogP contribution in [0.15, 0.2) is 42.7 Å². The van der Waals surface area contributed by atoms with E-state index in [1.807, 2.05) is 44.2 Å². The second-order valence-electron chi connectivity index (χ2n) is 6.93. The van der Waals surface area contributed by atoms with Gasteiger partial charge in [-0.05, 0) is 57.0 Å². The number of pyridine rings is 1. The first-order valence-electron chi connectivity index (χ1n) is 8.68. The fourth-order valence-electron chi connectivity index (χ4n) is 2.77. The number of benzene rings is 1. The first kappa shape index (κ1) is 18.5. The third-order valence-corrected chi connectivity index (χ3v) is 6.74. The number of H-pyrrole nitrogens is 1. The molecule has 138 valence electrons. The Hall–Kier alpha value is -2.25. The topological polar surface area (TPSA) is 87.7 Å². The number of imidazole rings is 1. The summed E-state index contributed by atoms with van der Waals surface area (Å²) < 4.78 is 27.7. The molecule has 0 saturated carbocycles. The van der Waals surface area contributed by atoms with E-state index < -0.39 is 20.8 Å². The maximum Gasteiger partial charge on any atom is 0.214 e. The van der Waals surface area contributed by atoms with Gasteiger partial charge in [0.25, 0.3) is 0 Å². The van der Waals surface area contributed by atoms with Gasteiger partial charge in [0.15, 0.2) is 0 Å². The Morgan fingerprint density at radius 3 is 2.50 bits per heavy atom. The number of sulfonamides is 1. The van der Waals surface area contributed by atoms with Crippen molar-refractivity contribution in [1.29, 1.82) is 0 Å². The zero-order valence-corrected chi connectivity index (χ0v) is 16.3. The number of rotatable bonds is 6. The summed E-state index contributed by atoms with van der Waals surface area (Å²) in [7, 11) is -3.39. The lowest BCUT2D eigenvalue weighted by Crippen LogP contribution is -2.45. The van der Waals surface area contributed by atoms with Crippen molar-refractivity contribution in [2.45, 2.75) is 44.9 Å². The van der Waals surface area contributed by atoms with Crippen LogP contribution in [-0.4, -0.2) is 28.6 Å². The summed E-state index contributed by atoms with van der Waals surface area (Å²) in [4.78, 5) is 12.0. The summed E-state index contributed by atoms with van der Waals surface area (Å²) in [5.74, 6) is 0.764. The third-order valence-electron chi connectivity index (χ3n) is 4.77. The zero-order chi connectivity index (χ0) is 18.9. The average molecular weight is 372 g/mol. The number of aromatic amines is 1. The van der Waals surface area contributed by atoms with Crippen LogP contribution in [0, 0.1) is 0 Å². The van der Waals surface area contributed by atoms with Crippen LogP contribution in [0.5, 0.6) is 0 Å². The van der Waals surface area contributed by atoms with E-state index in [1.54, 1.807) is 26.2 Å².